The molecule has 0 spiro atoms. The van der Waals surface area contributed by atoms with Gasteiger partial charge in [-0.05, 0) is 26.2 Å². The second-order valence-electron chi connectivity index (χ2n) is 5.57. The third-order valence-electron chi connectivity index (χ3n) is 3.29. The van der Waals surface area contributed by atoms with Gasteiger partial charge in [-0.2, -0.15) is 18.2 Å². The maximum absolute atomic E-state index is 12.8. The Balaban J connectivity index is 2.55. The minimum Gasteiger partial charge on any atom is -0.399 e. The first kappa shape index (κ1) is 18.3. The monoisotopic (exact) mass is 359 g/mol. The van der Waals surface area contributed by atoms with Crippen LogP contribution in [0.3, 0.4) is 0 Å². The van der Waals surface area contributed by atoms with Crippen molar-refractivity contribution < 1.29 is 17.2 Å². The summed E-state index contributed by atoms with van der Waals surface area (Å²) in [6, 6.07) is 4.31. The molecule has 0 radical (unpaired) electrons. The molecule has 0 saturated carbocycles. The van der Waals surface area contributed by atoms with Crippen molar-refractivity contribution in [2.45, 2.75) is 11.4 Å². The van der Waals surface area contributed by atoms with Crippen molar-refractivity contribution in [1.29, 1.82) is 0 Å². The molecule has 7 nitrogen and oxygen atoms in total. The Morgan fingerprint density at radius 1 is 1.29 bits per heavy atom. The van der Waals surface area contributed by atoms with E-state index >= 15 is 0 Å². The van der Waals surface area contributed by atoms with Crippen molar-refractivity contribution in [3.8, 4) is 11.1 Å². The van der Waals surface area contributed by atoms with E-state index in [0.717, 1.165) is 10.5 Å². The molecule has 1 aromatic heterocycles. The average molecular weight is 359 g/mol. The van der Waals surface area contributed by atoms with Crippen LogP contribution in [0.25, 0.3) is 11.1 Å². The number of nitrogens with zero attached hydrogens (tertiary/aromatic N) is 4. The van der Waals surface area contributed by atoms with Crippen LogP contribution in [-0.2, 0) is 10.0 Å². The van der Waals surface area contributed by atoms with Gasteiger partial charge in [-0.15, -0.1) is 0 Å². The molecule has 1 aromatic carbocycles. The fraction of sp³-hybridized carbons (Fsp3) is 0.357. The van der Waals surface area contributed by atoms with Crippen molar-refractivity contribution in [2.24, 2.45) is 0 Å². The highest BCUT2D eigenvalue weighted by Crippen LogP contribution is 2.31. The van der Waals surface area contributed by atoms with Crippen LogP contribution in [-0.4, -0.2) is 55.2 Å². The number of anilines is 1. The number of rotatable bonds is 6. The lowest BCUT2D eigenvalue weighted by atomic mass is 10.1. The van der Waals surface area contributed by atoms with Crippen molar-refractivity contribution >= 4 is 15.7 Å². The van der Waals surface area contributed by atoms with Crippen LogP contribution in [0.1, 0.15) is 6.55 Å². The summed E-state index contributed by atoms with van der Waals surface area (Å²) in [6.07, 6.45) is 2.30. The molecule has 1 heterocycles. The number of aromatic nitrogens is 2. The van der Waals surface area contributed by atoms with Gasteiger partial charge in [0.2, 0.25) is 10.0 Å². The number of sulfonamides is 1. The standard InChI is InChI=1S/C14H19F2N5O2S/c1-19(2)9-20(3)24(22,23)13-6-11(17)4-5-12(13)10-7-18-21(8-10)14(15)16/h4-8,14H,9,17H2,1-3H3. The second-order valence-corrected chi connectivity index (χ2v) is 7.58. The molecule has 132 valence electrons. The highest BCUT2D eigenvalue weighted by molar-refractivity contribution is 7.89. The van der Waals surface area contributed by atoms with Gasteiger partial charge in [0.25, 0.3) is 0 Å². The van der Waals surface area contributed by atoms with Gasteiger partial charge in [0, 0.05) is 30.1 Å². The van der Waals surface area contributed by atoms with Gasteiger partial charge in [0.05, 0.1) is 17.8 Å². The van der Waals surface area contributed by atoms with Crippen molar-refractivity contribution in [3.05, 3.63) is 30.6 Å². The number of benzene rings is 1. The minimum atomic E-state index is -3.86. The summed E-state index contributed by atoms with van der Waals surface area (Å²) >= 11 is 0. The molecule has 2 rings (SSSR count). The molecule has 0 fully saturated rings. The van der Waals surface area contributed by atoms with Gasteiger partial charge in [0.15, 0.2) is 0 Å². The first-order chi connectivity index (χ1) is 11.1. The van der Waals surface area contributed by atoms with E-state index in [2.05, 4.69) is 5.10 Å². The quantitative estimate of drug-likeness (QED) is 0.626. The van der Waals surface area contributed by atoms with Crippen molar-refractivity contribution in [3.63, 3.8) is 0 Å². The zero-order valence-electron chi connectivity index (χ0n) is 13.5. The lowest BCUT2D eigenvalue weighted by Crippen LogP contribution is -2.35. The van der Waals surface area contributed by atoms with E-state index in [9.17, 15) is 17.2 Å². The minimum absolute atomic E-state index is 0.0549. The largest absolute Gasteiger partial charge is 0.399 e. The molecule has 0 saturated heterocycles. The molecule has 0 bridgehead atoms. The summed E-state index contributed by atoms with van der Waals surface area (Å²) in [5.41, 5.74) is 6.52. The van der Waals surface area contributed by atoms with Crippen LogP contribution in [0.2, 0.25) is 0 Å². The number of hydrogen-bond acceptors (Lipinski definition) is 5. The molecule has 0 atom stereocenters. The lowest BCUT2D eigenvalue weighted by molar-refractivity contribution is 0.0566. The third-order valence-corrected chi connectivity index (χ3v) is 5.12. The maximum Gasteiger partial charge on any atom is 0.333 e. The van der Waals surface area contributed by atoms with Crippen LogP contribution in [0.4, 0.5) is 14.5 Å². The molecule has 10 heteroatoms. The van der Waals surface area contributed by atoms with Crippen molar-refractivity contribution in [2.75, 3.05) is 33.5 Å². The Hall–Kier alpha value is -2.04. The van der Waals surface area contributed by atoms with E-state index in [1.54, 1.807) is 19.0 Å². The van der Waals surface area contributed by atoms with E-state index in [1.165, 1.54) is 31.4 Å². The molecule has 2 N–H and O–H groups in total. The Bertz CT molecular complexity index is 820. The number of nitrogen functional groups attached to an aromatic ring is 1. The zero-order valence-corrected chi connectivity index (χ0v) is 14.3. The van der Waals surface area contributed by atoms with Gasteiger partial charge in [-0.25, -0.2) is 13.1 Å². The molecular weight excluding hydrogens is 340 g/mol. The summed E-state index contributed by atoms with van der Waals surface area (Å²) in [7, 11) is 1.05. The predicted octanol–water partition coefficient (Wildman–Crippen LogP) is 1.67. The molecule has 0 aliphatic rings. The first-order valence-corrected chi connectivity index (χ1v) is 8.40. The molecule has 0 aliphatic carbocycles. The SMILES string of the molecule is CN(C)CN(C)S(=O)(=O)c1cc(N)ccc1-c1cnn(C(F)F)c1. The number of nitrogens with two attached hydrogens (primary N) is 1. The zero-order chi connectivity index (χ0) is 18.1. The highest BCUT2D eigenvalue weighted by atomic mass is 32.2. The van der Waals surface area contributed by atoms with E-state index < -0.39 is 16.6 Å². The summed E-state index contributed by atoms with van der Waals surface area (Å²) in [5.74, 6) is 0. The topological polar surface area (TPSA) is 84.5 Å². The van der Waals surface area contributed by atoms with E-state index in [0.29, 0.717) is 4.68 Å². The summed E-state index contributed by atoms with van der Waals surface area (Å²) in [5, 5.41) is 3.55. The highest BCUT2D eigenvalue weighted by Gasteiger charge is 2.26. The first-order valence-electron chi connectivity index (χ1n) is 6.96. The lowest BCUT2D eigenvalue weighted by Gasteiger charge is -2.22. The Morgan fingerprint density at radius 2 is 1.96 bits per heavy atom. The molecule has 0 aliphatic heterocycles. The van der Waals surface area contributed by atoms with Crippen LogP contribution < -0.4 is 5.73 Å². The fourth-order valence-electron chi connectivity index (χ4n) is 2.22. The molecular formula is C14H19F2N5O2S. The van der Waals surface area contributed by atoms with E-state index in [4.69, 9.17) is 5.73 Å². The van der Waals surface area contributed by atoms with Gasteiger partial charge in [-0.1, -0.05) is 6.07 Å². The number of hydrogen-bond donors (Lipinski definition) is 1. The normalized spacial score (nSPS) is 12.5. The van der Waals surface area contributed by atoms with Crippen molar-refractivity contribution in [1.82, 2.24) is 19.0 Å². The number of halogens is 2. The smallest absolute Gasteiger partial charge is 0.333 e. The van der Waals surface area contributed by atoms with Crippen LogP contribution in [0.5, 0.6) is 0 Å². The van der Waals surface area contributed by atoms with Crippen LogP contribution in [0, 0.1) is 0 Å². The van der Waals surface area contributed by atoms with Crippen LogP contribution in [0.15, 0.2) is 35.5 Å². The predicted molar refractivity (Wildman–Crippen MR) is 86.8 cm³/mol. The molecule has 2 aromatic rings. The fourth-order valence-corrected chi connectivity index (χ4v) is 3.68. The molecule has 0 amide bonds. The Kier molecular flexibility index (Phi) is 5.21. The third kappa shape index (κ3) is 3.71. The summed E-state index contributed by atoms with van der Waals surface area (Å²) in [4.78, 5) is 1.64. The Labute approximate surface area is 139 Å². The van der Waals surface area contributed by atoms with Gasteiger partial charge < -0.3 is 5.73 Å². The number of alkyl halides is 2. The van der Waals surface area contributed by atoms with E-state index in [1.807, 2.05) is 0 Å². The maximum atomic E-state index is 12.8. The average Bonchev–Trinajstić information content (AvgIpc) is 2.96. The molecule has 0 unspecified atom stereocenters. The van der Waals surface area contributed by atoms with Gasteiger partial charge in [-0.3, -0.25) is 4.90 Å². The van der Waals surface area contributed by atoms with Gasteiger partial charge >= 0.3 is 6.55 Å². The summed E-state index contributed by atoms with van der Waals surface area (Å²) in [6.45, 7) is -2.64. The van der Waals surface area contributed by atoms with Gasteiger partial charge in [0.1, 0.15) is 0 Å². The van der Waals surface area contributed by atoms with Crippen LogP contribution >= 0.6 is 0 Å². The van der Waals surface area contributed by atoms with E-state index in [-0.39, 0.29) is 28.4 Å². The second kappa shape index (κ2) is 6.83. The Morgan fingerprint density at radius 3 is 2.50 bits per heavy atom. The molecule has 24 heavy (non-hydrogen) atoms. The summed E-state index contributed by atoms with van der Waals surface area (Å²) < 4.78 is 52.7.